The zero-order valence-electron chi connectivity index (χ0n) is 19.4. The number of ether oxygens (including phenoxy) is 3. The summed E-state index contributed by atoms with van der Waals surface area (Å²) in [4.78, 5) is 36.1. The summed E-state index contributed by atoms with van der Waals surface area (Å²) in [6.07, 6.45) is -2.05. The molecule has 34 heavy (non-hydrogen) atoms. The maximum Gasteiger partial charge on any atom is 0.412 e. The van der Waals surface area contributed by atoms with Crippen molar-refractivity contribution >= 4 is 29.3 Å². The predicted octanol–water partition coefficient (Wildman–Crippen LogP) is 3.92. The van der Waals surface area contributed by atoms with E-state index in [1.807, 2.05) is 24.3 Å². The maximum absolute atomic E-state index is 12.4. The molecule has 4 rings (SSSR count). The number of anilines is 2. The van der Waals surface area contributed by atoms with Crippen LogP contribution < -0.4 is 16.0 Å². The lowest BCUT2D eigenvalue weighted by Gasteiger charge is -2.18. The highest BCUT2D eigenvalue weighted by Crippen LogP contribution is 2.29. The molecule has 0 radical (unpaired) electrons. The molecule has 0 saturated carbocycles. The second-order valence-electron chi connectivity index (χ2n) is 8.78. The third kappa shape index (κ3) is 5.55. The largest absolute Gasteiger partial charge is 0.441 e. The molecule has 0 spiro atoms. The van der Waals surface area contributed by atoms with Gasteiger partial charge in [-0.25, -0.2) is 9.59 Å². The molecule has 3 N–H and O–H groups in total. The third-order valence-corrected chi connectivity index (χ3v) is 5.96. The van der Waals surface area contributed by atoms with Crippen LogP contribution in [0.2, 0.25) is 0 Å². The lowest BCUT2D eigenvalue weighted by atomic mass is 10.0. The highest BCUT2D eigenvalue weighted by Gasteiger charge is 2.50. The van der Waals surface area contributed by atoms with Gasteiger partial charge in [-0.15, -0.1) is 0 Å². The van der Waals surface area contributed by atoms with Gasteiger partial charge in [-0.1, -0.05) is 26.0 Å². The van der Waals surface area contributed by atoms with Crippen LogP contribution in [0.4, 0.5) is 21.0 Å². The van der Waals surface area contributed by atoms with Crippen molar-refractivity contribution in [2.45, 2.75) is 51.0 Å². The van der Waals surface area contributed by atoms with E-state index in [1.165, 1.54) is 12.5 Å². The first kappa shape index (κ1) is 23.7. The Balaban J connectivity index is 1.26. The number of hydrogen-bond donors (Lipinski definition) is 3. The number of ketones is 1. The van der Waals surface area contributed by atoms with E-state index in [0.29, 0.717) is 22.9 Å². The Hall–Kier alpha value is -3.43. The van der Waals surface area contributed by atoms with Gasteiger partial charge in [-0.05, 0) is 54.8 Å². The SMILES string of the molecule is CC(=O)c1ccc(NC(=O)N[C@H]2CO[C@H]3[C@H]2OC[C@@H]3OC(=O)Nc2ccc(C(C)C)cc2)cc1. The van der Waals surface area contributed by atoms with Crippen LogP contribution in [0.5, 0.6) is 0 Å². The Labute approximate surface area is 198 Å². The average Bonchev–Trinajstić information content (AvgIpc) is 3.38. The van der Waals surface area contributed by atoms with Gasteiger partial charge < -0.3 is 24.8 Å². The molecule has 0 unspecified atom stereocenters. The smallest absolute Gasteiger partial charge is 0.412 e. The molecule has 2 aliphatic heterocycles. The van der Waals surface area contributed by atoms with Crippen LogP contribution in [-0.2, 0) is 14.2 Å². The van der Waals surface area contributed by atoms with E-state index in [2.05, 4.69) is 29.8 Å². The molecule has 2 aromatic rings. The number of carbonyl (C=O) groups excluding carboxylic acids is 3. The number of fused-ring (bicyclic) bond motifs is 1. The average molecular weight is 468 g/mol. The molecule has 0 aliphatic carbocycles. The Morgan fingerprint density at radius 2 is 1.50 bits per heavy atom. The fourth-order valence-corrected chi connectivity index (χ4v) is 4.05. The van der Waals surface area contributed by atoms with Crippen LogP contribution in [0.25, 0.3) is 0 Å². The van der Waals surface area contributed by atoms with E-state index in [1.54, 1.807) is 24.3 Å². The molecule has 9 heteroatoms. The number of amides is 3. The molecule has 2 aliphatic rings. The van der Waals surface area contributed by atoms with Crippen molar-refractivity contribution in [2.24, 2.45) is 0 Å². The summed E-state index contributed by atoms with van der Waals surface area (Å²) in [7, 11) is 0. The number of rotatable bonds is 6. The van der Waals surface area contributed by atoms with Gasteiger partial charge in [0.1, 0.15) is 12.2 Å². The van der Waals surface area contributed by atoms with Crippen LogP contribution in [0.3, 0.4) is 0 Å². The van der Waals surface area contributed by atoms with Crippen molar-refractivity contribution in [3.63, 3.8) is 0 Å². The van der Waals surface area contributed by atoms with Crippen molar-refractivity contribution in [1.29, 1.82) is 0 Å². The van der Waals surface area contributed by atoms with E-state index >= 15 is 0 Å². The lowest BCUT2D eigenvalue weighted by molar-refractivity contribution is 0.00873. The van der Waals surface area contributed by atoms with Crippen LogP contribution in [-0.4, -0.2) is 55.5 Å². The van der Waals surface area contributed by atoms with Gasteiger partial charge in [-0.3, -0.25) is 10.1 Å². The highest BCUT2D eigenvalue weighted by atomic mass is 16.6. The number of carbonyl (C=O) groups is 3. The number of Topliss-reactive ketones (excluding diaryl/α,β-unsaturated/α-hetero) is 1. The maximum atomic E-state index is 12.4. The second-order valence-corrected chi connectivity index (χ2v) is 8.78. The monoisotopic (exact) mass is 467 g/mol. The van der Waals surface area contributed by atoms with Crippen molar-refractivity contribution in [2.75, 3.05) is 23.8 Å². The minimum absolute atomic E-state index is 0.0435. The molecule has 0 bridgehead atoms. The zero-order chi connectivity index (χ0) is 24.2. The highest BCUT2D eigenvalue weighted by molar-refractivity contribution is 5.95. The Morgan fingerprint density at radius 1 is 0.882 bits per heavy atom. The second kappa shape index (κ2) is 10.2. The van der Waals surface area contributed by atoms with Gasteiger partial charge in [0.05, 0.1) is 19.3 Å². The molecule has 9 nitrogen and oxygen atoms in total. The Morgan fingerprint density at radius 3 is 2.15 bits per heavy atom. The van der Waals surface area contributed by atoms with Gasteiger partial charge >= 0.3 is 12.1 Å². The van der Waals surface area contributed by atoms with Crippen LogP contribution in [0.1, 0.15) is 42.6 Å². The first-order valence-electron chi connectivity index (χ1n) is 11.3. The topological polar surface area (TPSA) is 115 Å². The van der Waals surface area contributed by atoms with E-state index in [-0.39, 0.29) is 25.0 Å². The van der Waals surface area contributed by atoms with Gasteiger partial charge in [0, 0.05) is 16.9 Å². The fraction of sp³-hybridized carbons (Fsp3) is 0.400. The first-order chi connectivity index (χ1) is 16.3. The molecule has 2 fully saturated rings. The van der Waals surface area contributed by atoms with Gasteiger partial charge in [-0.2, -0.15) is 0 Å². The van der Waals surface area contributed by atoms with Crippen molar-refractivity contribution < 1.29 is 28.6 Å². The van der Waals surface area contributed by atoms with Crippen molar-refractivity contribution in [3.8, 4) is 0 Å². The summed E-state index contributed by atoms with van der Waals surface area (Å²) in [6, 6.07) is 13.4. The zero-order valence-corrected chi connectivity index (χ0v) is 19.4. The molecule has 2 saturated heterocycles. The number of benzene rings is 2. The first-order valence-corrected chi connectivity index (χ1v) is 11.3. The van der Waals surface area contributed by atoms with Crippen LogP contribution in [0, 0.1) is 0 Å². The molecule has 180 valence electrons. The Kier molecular flexibility index (Phi) is 7.14. The van der Waals surface area contributed by atoms with Crippen molar-refractivity contribution in [3.05, 3.63) is 59.7 Å². The lowest BCUT2D eigenvalue weighted by Crippen LogP contribution is -2.46. The third-order valence-electron chi connectivity index (χ3n) is 5.96. The quantitative estimate of drug-likeness (QED) is 0.555. The summed E-state index contributed by atoms with van der Waals surface area (Å²) in [6.45, 7) is 6.12. The molecule has 0 aromatic heterocycles. The van der Waals surface area contributed by atoms with Crippen LogP contribution in [0.15, 0.2) is 48.5 Å². The predicted molar refractivity (Wildman–Crippen MR) is 126 cm³/mol. The summed E-state index contributed by atoms with van der Waals surface area (Å²) in [5, 5.41) is 8.29. The Bertz CT molecular complexity index is 1040. The molecule has 4 atom stereocenters. The summed E-state index contributed by atoms with van der Waals surface area (Å²) < 4.78 is 17.1. The standard InChI is InChI=1S/C25H29N3O6/c1-14(2)16-4-8-19(9-5-16)27-25(31)34-21-13-33-22-20(12-32-23(21)22)28-24(30)26-18-10-6-17(7-11-18)15(3)29/h4-11,14,20-23H,12-13H2,1-3H3,(H,27,31)(H2,26,28,30)/t20-,21-,22-,23+/m0/s1. The van der Waals surface area contributed by atoms with Gasteiger partial charge in [0.2, 0.25) is 0 Å². The normalized spacial score (nSPS) is 23.3. The van der Waals surface area contributed by atoms with Gasteiger partial charge in [0.25, 0.3) is 0 Å². The minimum atomic E-state index is -0.585. The number of hydrogen-bond acceptors (Lipinski definition) is 6. The summed E-state index contributed by atoms with van der Waals surface area (Å²) in [5.41, 5.74) is 2.95. The van der Waals surface area contributed by atoms with Crippen LogP contribution >= 0.6 is 0 Å². The van der Waals surface area contributed by atoms with E-state index in [9.17, 15) is 14.4 Å². The van der Waals surface area contributed by atoms with E-state index < -0.39 is 30.4 Å². The molecule has 2 heterocycles. The molecule has 2 aromatic carbocycles. The summed E-state index contributed by atoms with van der Waals surface area (Å²) >= 11 is 0. The number of urea groups is 1. The molecular formula is C25H29N3O6. The number of nitrogens with one attached hydrogen (secondary N) is 3. The molecular weight excluding hydrogens is 438 g/mol. The fourth-order valence-electron chi connectivity index (χ4n) is 4.05. The minimum Gasteiger partial charge on any atom is -0.441 e. The van der Waals surface area contributed by atoms with E-state index in [4.69, 9.17) is 14.2 Å². The van der Waals surface area contributed by atoms with E-state index in [0.717, 1.165) is 0 Å². The van der Waals surface area contributed by atoms with Gasteiger partial charge in [0.15, 0.2) is 11.9 Å². The summed E-state index contributed by atoms with van der Waals surface area (Å²) in [5.74, 6) is 0.363. The molecule has 3 amide bonds. The van der Waals surface area contributed by atoms with Crippen molar-refractivity contribution in [1.82, 2.24) is 5.32 Å².